The Balaban J connectivity index is 2.15. The Morgan fingerprint density at radius 2 is 2.05 bits per heavy atom. The topological polar surface area (TPSA) is 98.6 Å². The monoisotopic (exact) mass is 314 g/mol. The molecule has 0 bridgehead atoms. The average Bonchev–Trinajstić information content (AvgIpc) is 3.15. The van der Waals surface area contributed by atoms with Gasteiger partial charge in [0, 0.05) is 37.3 Å². The number of carbonyl (C=O) groups is 1. The van der Waals surface area contributed by atoms with Crippen LogP contribution >= 0.6 is 11.3 Å². The first kappa shape index (κ1) is 15.7. The van der Waals surface area contributed by atoms with Crippen LogP contribution in [0, 0.1) is 22.7 Å². The predicted molar refractivity (Wildman–Crippen MR) is 80.7 cm³/mol. The fourth-order valence-corrected chi connectivity index (χ4v) is 2.65. The Kier molecular flexibility index (Phi) is 5.23. The molecule has 0 N–H and O–H groups in total. The second-order valence-corrected chi connectivity index (χ2v) is 5.41. The van der Waals surface area contributed by atoms with E-state index in [0.29, 0.717) is 18.8 Å². The maximum Gasteiger partial charge on any atom is 0.273 e. The van der Waals surface area contributed by atoms with Crippen molar-refractivity contribution in [3.05, 3.63) is 23.5 Å². The van der Waals surface area contributed by atoms with Crippen LogP contribution in [0.1, 0.15) is 23.3 Å². The van der Waals surface area contributed by atoms with Gasteiger partial charge in [0.1, 0.15) is 10.7 Å². The summed E-state index contributed by atoms with van der Waals surface area (Å²) in [5, 5.41) is 23.8. The molecule has 0 saturated carbocycles. The smallest absolute Gasteiger partial charge is 0.273 e. The predicted octanol–water partition coefficient (Wildman–Crippen LogP) is 1.81. The molecule has 0 aromatic carbocycles. The second-order valence-electron chi connectivity index (χ2n) is 4.55. The molecule has 0 aliphatic heterocycles. The van der Waals surface area contributed by atoms with Gasteiger partial charge in [-0.1, -0.05) is 0 Å². The van der Waals surface area contributed by atoms with Crippen LogP contribution in [0.3, 0.4) is 0 Å². The first-order valence-electron chi connectivity index (χ1n) is 6.63. The van der Waals surface area contributed by atoms with Crippen molar-refractivity contribution >= 4 is 17.2 Å². The van der Waals surface area contributed by atoms with E-state index in [1.165, 1.54) is 16.2 Å². The molecule has 2 aromatic heterocycles. The van der Waals surface area contributed by atoms with E-state index in [2.05, 4.69) is 10.1 Å². The van der Waals surface area contributed by atoms with Crippen molar-refractivity contribution in [2.45, 2.75) is 12.8 Å². The van der Waals surface area contributed by atoms with Crippen LogP contribution in [0.15, 0.2) is 17.8 Å². The SMILES string of the molecule is Cn1cc(-c2nc(C(=O)N(CCC#N)CCC#N)cs2)cn1. The summed E-state index contributed by atoms with van der Waals surface area (Å²) in [6.07, 6.45) is 3.99. The molecule has 2 aromatic rings. The minimum Gasteiger partial charge on any atom is -0.335 e. The van der Waals surface area contributed by atoms with Crippen LogP contribution in [0.5, 0.6) is 0 Å². The minimum absolute atomic E-state index is 0.233. The summed E-state index contributed by atoms with van der Waals surface area (Å²) in [7, 11) is 1.81. The zero-order valence-corrected chi connectivity index (χ0v) is 12.9. The van der Waals surface area contributed by atoms with E-state index in [4.69, 9.17) is 10.5 Å². The molecule has 22 heavy (non-hydrogen) atoms. The molecule has 0 saturated heterocycles. The van der Waals surface area contributed by atoms with E-state index >= 15 is 0 Å². The third kappa shape index (κ3) is 3.68. The van der Waals surface area contributed by atoms with Gasteiger partial charge in [0.2, 0.25) is 0 Å². The molecular formula is C14H14N6OS. The van der Waals surface area contributed by atoms with Gasteiger partial charge in [-0.15, -0.1) is 11.3 Å². The Morgan fingerprint density at radius 1 is 1.36 bits per heavy atom. The van der Waals surface area contributed by atoms with E-state index < -0.39 is 0 Å². The summed E-state index contributed by atoms with van der Waals surface area (Å²) in [5.74, 6) is -0.253. The maximum atomic E-state index is 12.4. The van der Waals surface area contributed by atoms with Crippen LogP contribution in [0.2, 0.25) is 0 Å². The summed E-state index contributed by atoms with van der Waals surface area (Å²) in [6, 6.07) is 4.02. The number of hydrogen-bond donors (Lipinski definition) is 0. The quantitative estimate of drug-likeness (QED) is 0.809. The first-order valence-corrected chi connectivity index (χ1v) is 7.51. The van der Waals surface area contributed by atoms with Crippen molar-refractivity contribution in [3.8, 4) is 22.7 Å². The summed E-state index contributed by atoms with van der Waals surface area (Å²) < 4.78 is 1.67. The van der Waals surface area contributed by atoms with E-state index in [1.54, 1.807) is 16.3 Å². The second kappa shape index (κ2) is 7.34. The molecule has 0 aliphatic carbocycles. The summed E-state index contributed by atoms with van der Waals surface area (Å²) in [6.45, 7) is 0.605. The highest BCUT2D eigenvalue weighted by molar-refractivity contribution is 7.13. The van der Waals surface area contributed by atoms with Crippen molar-refractivity contribution in [2.24, 2.45) is 7.05 Å². The molecule has 0 atom stereocenters. The standard InChI is InChI=1S/C14H14N6OS/c1-19-9-11(8-17-19)13-18-12(10-22-13)14(21)20(6-2-4-15)7-3-5-16/h8-10H,2-3,6-7H2,1H3. The van der Waals surface area contributed by atoms with Gasteiger partial charge in [-0.25, -0.2) is 4.98 Å². The summed E-state index contributed by atoms with van der Waals surface area (Å²) >= 11 is 1.37. The van der Waals surface area contributed by atoms with Crippen molar-refractivity contribution in [3.63, 3.8) is 0 Å². The van der Waals surface area contributed by atoms with Gasteiger partial charge in [-0.2, -0.15) is 15.6 Å². The normalized spacial score (nSPS) is 9.95. The number of thiazole rings is 1. The van der Waals surface area contributed by atoms with E-state index in [9.17, 15) is 4.79 Å². The zero-order valence-electron chi connectivity index (χ0n) is 12.1. The molecule has 0 aliphatic rings. The van der Waals surface area contributed by atoms with Gasteiger partial charge in [0.25, 0.3) is 5.91 Å². The van der Waals surface area contributed by atoms with Gasteiger partial charge in [0.05, 0.1) is 31.2 Å². The molecule has 7 nitrogen and oxygen atoms in total. The minimum atomic E-state index is -0.253. The fourth-order valence-electron chi connectivity index (χ4n) is 1.88. The lowest BCUT2D eigenvalue weighted by atomic mass is 10.3. The van der Waals surface area contributed by atoms with Crippen LogP contribution in [0.25, 0.3) is 10.6 Å². The van der Waals surface area contributed by atoms with E-state index in [1.807, 2.05) is 25.4 Å². The zero-order chi connectivity index (χ0) is 15.9. The Hall–Kier alpha value is -2.71. The van der Waals surface area contributed by atoms with E-state index in [0.717, 1.165) is 10.6 Å². The number of nitrogens with zero attached hydrogens (tertiary/aromatic N) is 6. The van der Waals surface area contributed by atoms with Crippen LogP contribution in [-0.4, -0.2) is 38.7 Å². The van der Waals surface area contributed by atoms with Gasteiger partial charge in [0.15, 0.2) is 0 Å². The molecule has 112 valence electrons. The maximum absolute atomic E-state index is 12.4. The number of nitriles is 2. The lowest BCUT2D eigenvalue weighted by Crippen LogP contribution is -2.33. The third-order valence-electron chi connectivity index (χ3n) is 2.95. The number of rotatable bonds is 6. The molecule has 0 radical (unpaired) electrons. The highest BCUT2D eigenvalue weighted by atomic mass is 32.1. The van der Waals surface area contributed by atoms with Crippen LogP contribution in [0.4, 0.5) is 0 Å². The number of aromatic nitrogens is 3. The van der Waals surface area contributed by atoms with Gasteiger partial charge >= 0.3 is 0 Å². The number of hydrogen-bond acceptors (Lipinski definition) is 6. The van der Waals surface area contributed by atoms with Crippen LogP contribution in [-0.2, 0) is 7.05 Å². The Morgan fingerprint density at radius 3 is 2.59 bits per heavy atom. The molecule has 2 rings (SSSR count). The van der Waals surface area contributed by atoms with Gasteiger partial charge in [-0.05, 0) is 0 Å². The highest BCUT2D eigenvalue weighted by Gasteiger charge is 2.19. The molecule has 0 unspecified atom stereocenters. The number of carbonyl (C=O) groups excluding carboxylic acids is 1. The number of aryl methyl sites for hydroxylation is 1. The largest absolute Gasteiger partial charge is 0.335 e. The Bertz CT molecular complexity index is 717. The fraction of sp³-hybridized carbons (Fsp3) is 0.357. The summed E-state index contributed by atoms with van der Waals surface area (Å²) in [5.41, 5.74) is 1.19. The molecule has 0 fully saturated rings. The van der Waals surface area contributed by atoms with Crippen molar-refractivity contribution in [2.75, 3.05) is 13.1 Å². The Labute approximate surface area is 132 Å². The number of amides is 1. The van der Waals surface area contributed by atoms with Crippen molar-refractivity contribution in [1.82, 2.24) is 19.7 Å². The lowest BCUT2D eigenvalue weighted by molar-refractivity contribution is 0.0757. The van der Waals surface area contributed by atoms with Gasteiger partial charge in [-0.3, -0.25) is 9.48 Å². The molecule has 1 amide bonds. The first-order chi connectivity index (χ1) is 10.7. The van der Waals surface area contributed by atoms with Gasteiger partial charge < -0.3 is 4.90 Å². The van der Waals surface area contributed by atoms with E-state index in [-0.39, 0.29) is 18.7 Å². The van der Waals surface area contributed by atoms with Crippen molar-refractivity contribution in [1.29, 1.82) is 10.5 Å². The molecule has 2 heterocycles. The molecule has 0 spiro atoms. The third-order valence-corrected chi connectivity index (χ3v) is 3.84. The van der Waals surface area contributed by atoms with Crippen LogP contribution < -0.4 is 0 Å². The summed E-state index contributed by atoms with van der Waals surface area (Å²) in [4.78, 5) is 18.3. The molecule has 8 heteroatoms. The van der Waals surface area contributed by atoms with Crippen molar-refractivity contribution < 1.29 is 4.79 Å². The average molecular weight is 314 g/mol. The lowest BCUT2D eigenvalue weighted by Gasteiger charge is -2.18. The highest BCUT2D eigenvalue weighted by Crippen LogP contribution is 2.23. The molecular weight excluding hydrogens is 300 g/mol.